The molecule has 0 aliphatic heterocycles. The largest absolute Gasteiger partial charge is 0.383 e. The zero-order valence-electron chi connectivity index (χ0n) is 12.4. The third-order valence-corrected chi connectivity index (χ3v) is 4.54. The lowest BCUT2D eigenvalue weighted by atomic mass is 9.79. The van der Waals surface area contributed by atoms with Crippen LogP contribution in [0.25, 0.3) is 22.4 Å². The molecule has 3 N–H and O–H groups in total. The molecule has 1 saturated carbocycles. The molecule has 0 bridgehead atoms. The lowest BCUT2D eigenvalue weighted by Gasteiger charge is -2.26. The number of nitrogens with one attached hydrogen (secondary N) is 1. The first-order valence-electron chi connectivity index (χ1n) is 7.55. The lowest BCUT2D eigenvalue weighted by molar-refractivity contribution is 0.420. The van der Waals surface area contributed by atoms with Gasteiger partial charge in [-0.25, -0.2) is 14.4 Å². The number of H-pyrrole nitrogens is 1. The van der Waals surface area contributed by atoms with Gasteiger partial charge < -0.3 is 10.7 Å². The molecule has 22 heavy (non-hydrogen) atoms. The summed E-state index contributed by atoms with van der Waals surface area (Å²) in [6.07, 6.45) is 3.62. The van der Waals surface area contributed by atoms with E-state index >= 15 is 0 Å². The predicted molar refractivity (Wildman–Crippen MR) is 85.0 cm³/mol. The Balaban J connectivity index is 1.93. The van der Waals surface area contributed by atoms with E-state index in [1.807, 2.05) is 6.92 Å². The molecule has 4 rings (SSSR count). The molecule has 0 unspecified atom stereocenters. The fourth-order valence-electron chi connectivity index (χ4n) is 3.24. The molecule has 4 nitrogen and oxygen atoms in total. The normalized spacial score (nSPS) is 15.2. The van der Waals surface area contributed by atoms with Crippen molar-refractivity contribution in [3.05, 3.63) is 41.3 Å². The van der Waals surface area contributed by atoms with Crippen LogP contribution in [0, 0.1) is 12.7 Å². The van der Waals surface area contributed by atoms with E-state index in [0.29, 0.717) is 28.8 Å². The van der Waals surface area contributed by atoms with Gasteiger partial charge >= 0.3 is 0 Å². The van der Waals surface area contributed by atoms with Crippen LogP contribution in [0.2, 0.25) is 0 Å². The maximum atomic E-state index is 14.0. The van der Waals surface area contributed by atoms with Gasteiger partial charge in [0.15, 0.2) is 5.82 Å². The zero-order chi connectivity index (χ0) is 15.3. The fourth-order valence-corrected chi connectivity index (χ4v) is 3.24. The van der Waals surface area contributed by atoms with Crippen molar-refractivity contribution in [2.75, 3.05) is 5.73 Å². The average molecular weight is 296 g/mol. The average Bonchev–Trinajstić information content (AvgIpc) is 2.75. The maximum Gasteiger partial charge on any atom is 0.166 e. The smallest absolute Gasteiger partial charge is 0.166 e. The van der Waals surface area contributed by atoms with Crippen LogP contribution < -0.4 is 5.73 Å². The van der Waals surface area contributed by atoms with Crippen molar-refractivity contribution in [3.8, 4) is 11.4 Å². The van der Waals surface area contributed by atoms with Gasteiger partial charge in [-0.05, 0) is 43.4 Å². The number of aromatic amines is 1. The molecule has 2 aromatic heterocycles. The first kappa shape index (κ1) is 13.2. The van der Waals surface area contributed by atoms with Gasteiger partial charge in [-0.2, -0.15) is 0 Å². The lowest BCUT2D eigenvalue weighted by Crippen LogP contribution is -2.10. The maximum absolute atomic E-state index is 14.0. The Morgan fingerprint density at radius 1 is 1.23 bits per heavy atom. The molecule has 1 aromatic carbocycles. The summed E-state index contributed by atoms with van der Waals surface area (Å²) in [5, 5.41) is 0.905. The summed E-state index contributed by atoms with van der Waals surface area (Å²) >= 11 is 0. The Morgan fingerprint density at radius 3 is 2.68 bits per heavy atom. The van der Waals surface area contributed by atoms with Crippen molar-refractivity contribution in [1.29, 1.82) is 0 Å². The van der Waals surface area contributed by atoms with Gasteiger partial charge in [0, 0.05) is 5.69 Å². The number of hydrogen-bond acceptors (Lipinski definition) is 3. The van der Waals surface area contributed by atoms with E-state index in [2.05, 4.69) is 15.0 Å². The highest BCUT2D eigenvalue weighted by molar-refractivity contribution is 5.92. The van der Waals surface area contributed by atoms with E-state index in [9.17, 15) is 4.39 Å². The van der Waals surface area contributed by atoms with E-state index in [4.69, 9.17) is 5.73 Å². The molecule has 1 aliphatic carbocycles. The van der Waals surface area contributed by atoms with Crippen LogP contribution in [0.1, 0.15) is 36.4 Å². The second-order valence-corrected chi connectivity index (χ2v) is 5.93. The Bertz CT molecular complexity index is 864. The summed E-state index contributed by atoms with van der Waals surface area (Å²) in [6, 6.07) is 6.48. The Morgan fingerprint density at radius 2 is 2.00 bits per heavy atom. The highest BCUT2D eigenvalue weighted by atomic mass is 19.1. The predicted octanol–water partition coefficient (Wildman–Crippen LogP) is 3.92. The van der Waals surface area contributed by atoms with Crippen LogP contribution in [0.3, 0.4) is 0 Å². The molecule has 2 heterocycles. The van der Waals surface area contributed by atoms with Crippen LogP contribution >= 0.6 is 0 Å². The van der Waals surface area contributed by atoms with Crippen LogP contribution in [0.15, 0.2) is 24.3 Å². The summed E-state index contributed by atoms with van der Waals surface area (Å²) < 4.78 is 14.0. The number of nitrogen functional groups attached to an aromatic ring is 1. The van der Waals surface area contributed by atoms with Crippen molar-refractivity contribution in [2.24, 2.45) is 0 Å². The molecular formula is C17H17FN4. The fraction of sp³-hybridized carbons (Fsp3) is 0.294. The molecule has 112 valence electrons. The number of rotatable bonds is 2. The summed E-state index contributed by atoms with van der Waals surface area (Å²) in [5.74, 6) is 0.946. The monoisotopic (exact) mass is 296 g/mol. The zero-order valence-corrected chi connectivity index (χ0v) is 12.4. The molecule has 5 heteroatoms. The van der Waals surface area contributed by atoms with Crippen LogP contribution in [-0.4, -0.2) is 15.0 Å². The minimum atomic E-state index is -0.344. The Labute approximate surface area is 127 Å². The van der Waals surface area contributed by atoms with Crippen molar-refractivity contribution >= 4 is 16.9 Å². The molecule has 3 aromatic rings. The Hall–Kier alpha value is -2.43. The Kier molecular flexibility index (Phi) is 2.89. The minimum absolute atomic E-state index is 0.324. The number of aryl methyl sites for hydroxylation is 1. The highest BCUT2D eigenvalue weighted by Gasteiger charge is 2.27. The van der Waals surface area contributed by atoms with Crippen LogP contribution in [0.5, 0.6) is 0 Å². The van der Waals surface area contributed by atoms with Crippen LogP contribution in [0.4, 0.5) is 10.2 Å². The molecule has 1 aliphatic rings. The molecule has 0 amide bonds. The van der Waals surface area contributed by atoms with Gasteiger partial charge in [-0.3, -0.25) is 0 Å². The second kappa shape index (κ2) is 4.80. The summed E-state index contributed by atoms with van der Waals surface area (Å²) in [6.45, 7) is 2.04. The van der Waals surface area contributed by atoms with E-state index in [0.717, 1.165) is 11.1 Å². The number of anilines is 1. The van der Waals surface area contributed by atoms with Gasteiger partial charge in [0.1, 0.15) is 17.3 Å². The van der Waals surface area contributed by atoms with E-state index in [1.165, 1.54) is 30.9 Å². The van der Waals surface area contributed by atoms with Crippen molar-refractivity contribution in [1.82, 2.24) is 15.0 Å². The number of aromatic nitrogens is 3. The van der Waals surface area contributed by atoms with E-state index < -0.39 is 0 Å². The van der Waals surface area contributed by atoms with Crippen molar-refractivity contribution < 1.29 is 4.39 Å². The highest BCUT2D eigenvalue weighted by Crippen LogP contribution is 2.42. The molecule has 0 atom stereocenters. The van der Waals surface area contributed by atoms with Gasteiger partial charge in [-0.1, -0.05) is 18.6 Å². The molecule has 1 fully saturated rings. The first-order valence-corrected chi connectivity index (χ1v) is 7.55. The molecule has 0 saturated heterocycles. The molecular weight excluding hydrogens is 279 g/mol. The van der Waals surface area contributed by atoms with Gasteiger partial charge in [0.25, 0.3) is 0 Å². The number of halogens is 1. The number of fused-ring (bicyclic) bond motifs is 1. The quantitative estimate of drug-likeness (QED) is 0.753. The first-order chi connectivity index (χ1) is 10.6. The molecule has 0 radical (unpaired) electrons. The van der Waals surface area contributed by atoms with Gasteiger partial charge in [-0.15, -0.1) is 0 Å². The number of hydrogen-bond donors (Lipinski definition) is 2. The van der Waals surface area contributed by atoms with Crippen molar-refractivity contribution in [3.63, 3.8) is 0 Å². The minimum Gasteiger partial charge on any atom is -0.383 e. The standard InChI is InChI=1S/C17H17FN4/c1-9-13(10-5-4-6-10)14-15(19)21-16(22-17(14)20-9)11-7-2-3-8-12(11)18/h2-3,7-8,10H,4-6H2,1H3,(H3,19,20,21,22). The molecule has 0 spiro atoms. The van der Waals surface area contributed by atoms with Crippen LogP contribution in [-0.2, 0) is 0 Å². The van der Waals surface area contributed by atoms with Gasteiger partial charge in [0.2, 0.25) is 0 Å². The SMILES string of the molecule is Cc1[nH]c2nc(-c3ccccc3F)nc(N)c2c1C1CCC1. The van der Waals surface area contributed by atoms with E-state index in [1.54, 1.807) is 18.2 Å². The summed E-state index contributed by atoms with van der Waals surface area (Å²) in [5.41, 5.74) is 9.57. The number of nitrogens with zero attached hydrogens (tertiary/aromatic N) is 2. The van der Waals surface area contributed by atoms with Crippen molar-refractivity contribution in [2.45, 2.75) is 32.1 Å². The van der Waals surface area contributed by atoms with Gasteiger partial charge in [0.05, 0.1) is 10.9 Å². The summed E-state index contributed by atoms with van der Waals surface area (Å²) in [4.78, 5) is 12.1. The third-order valence-electron chi connectivity index (χ3n) is 4.54. The third kappa shape index (κ3) is 1.89. The number of nitrogens with two attached hydrogens (primary N) is 1. The second-order valence-electron chi connectivity index (χ2n) is 5.93. The topological polar surface area (TPSA) is 67.6 Å². The van der Waals surface area contributed by atoms with E-state index in [-0.39, 0.29) is 5.82 Å². The number of benzene rings is 1. The summed E-state index contributed by atoms with van der Waals surface area (Å²) in [7, 11) is 0.